The number of fused-ring (bicyclic) bond motifs is 1. The lowest BCUT2D eigenvalue weighted by Crippen LogP contribution is -2.47. The van der Waals surface area contributed by atoms with Gasteiger partial charge < -0.3 is 9.32 Å². The first kappa shape index (κ1) is 15.8. The van der Waals surface area contributed by atoms with Gasteiger partial charge in [-0.25, -0.2) is 14.2 Å². The standard InChI is InChI=1S/C18H19FN4O2/c19-14-3-5-15(6-4-14)22-11-8-21(9-12-22)10-13-23-16-2-1-7-20-17(16)25-18(23)24/h1-7H,8-13H2. The summed E-state index contributed by atoms with van der Waals surface area (Å²) < 4.78 is 19.8. The third-order valence-corrected chi connectivity index (χ3v) is 4.65. The SMILES string of the molecule is O=c1oc2ncccc2n1CCN1CCN(c2ccc(F)cc2)CC1. The van der Waals surface area contributed by atoms with Crippen LogP contribution in [0.3, 0.4) is 0 Å². The number of rotatable bonds is 4. The molecule has 4 rings (SSSR count). The van der Waals surface area contributed by atoms with Crippen LogP contribution in [0.2, 0.25) is 0 Å². The van der Waals surface area contributed by atoms with Crippen LogP contribution in [0.1, 0.15) is 0 Å². The molecule has 1 saturated heterocycles. The van der Waals surface area contributed by atoms with Crippen molar-refractivity contribution < 1.29 is 8.81 Å². The van der Waals surface area contributed by atoms with Crippen molar-refractivity contribution in [1.82, 2.24) is 14.5 Å². The highest BCUT2D eigenvalue weighted by Gasteiger charge is 2.18. The van der Waals surface area contributed by atoms with Gasteiger partial charge in [0.2, 0.25) is 5.71 Å². The average Bonchev–Trinajstić information content (AvgIpc) is 2.96. The first-order valence-electron chi connectivity index (χ1n) is 8.38. The zero-order valence-electron chi connectivity index (χ0n) is 13.8. The zero-order valence-corrected chi connectivity index (χ0v) is 13.8. The Labute approximate surface area is 144 Å². The predicted molar refractivity (Wildman–Crippen MR) is 93.3 cm³/mol. The number of aromatic nitrogens is 2. The fraction of sp³-hybridized carbons (Fsp3) is 0.333. The molecule has 130 valence electrons. The van der Waals surface area contributed by atoms with E-state index in [0.717, 1.165) is 43.9 Å². The number of pyridine rings is 1. The first-order chi connectivity index (χ1) is 12.2. The molecule has 6 nitrogen and oxygen atoms in total. The largest absolute Gasteiger partial charge is 0.421 e. The molecule has 0 N–H and O–H groups in total. The van der Waals surface area contributed by atoms with Crippen LogP contribution < -0.4 is 10.7 Å². The summed E-state index contributed by atoms with van der Waals surface area (Å²) in [7, 11) is 0. The maximum absolute atomic E-state index is 13.0. The fourth-order valence-electron chi connectivity index (χ4n) is 3.24. The number of hydrogen-bond donors (Lipinski definition) is 0. The molecule has 0 bridgehead atoms. The van der Waals surface area contributed by atoms with E-state index in [4.69, 9.17) is 4.42 Å². The molecule has 3 aromatic rings. The summed E-state index contributed by atoms with van der Waals surface area (Å²) >= 11 is 0. The van der Waals surface area contributed by atoms with Crippen molar-refractivity contribution in [3.05, 3.63) is 59.0 Å². The first-order valence-corrected chi connectivity index (χ1v) is 8.38. The number of benzene rings is 1. The van der Waals surface area contributed by atoms with E-state index in [-0.39, 0.29) is 11.6 Å². The van der Waals surface area contributed by atoms with Crippen LogP contribution in [0, 0.1) is 5.82 Å². The summed E-state index contributed by atoms with van der Waals surface area (Å²) in [5.41, 5.74) is 2.16. The second-order valence-electron chi connectivity index (χ2n) is 6.15. The molecule has 0 unspecified atom stereocenters. The van der Waals surface area contributed by atoms with Crippen LogP contribution in [0.25, 0.3) is 11.2 Å². The van der Waals surface area contributed by atoms with Crippen LogP contribution in [-0.2, 0) is 6.54 Å². The lowest BCUT2D eigenvalue weighted by Gasteiger charge is -2.36. The molecular weight excluding hydrogens is 323 g/mol. The number of piperazine rings is 1. The average molecular weight is 342 g/mol. The second-order valence-corrected chi connectivity index (χ2v) is 6.15. The van der Waals surface area contributed by atoms with Gasteiger partial charge in [-0.3, -0.25) is 9.47 Å². The van der Waals surface area contributed by atoms with Crippen molar-refractivity contribution in [3.8, 4) is 0 Å². The highest BCUT2D eigenvalue weighted by molar-refractivity contribution is 5.67. The predicted octanol–water partition coefficient (Wildman–Crippen LogP) is 1.95. The van der Waals surface area contributed by atoms with Gasteiger partial charge in [-0.15, -0.1) is 0 Å². The normalized spacial score (nSPS) is 15.8. The van der Waals surface area contributed by atoms with Crippen LogP contribution >= 0.6 is 0 Å². The molecule has 1 aliphatic rings. The van der Waals surface area contributed by atoms with E-state index < -0.39 is 0 Å². The monoisotopic (exact) mass is 342 g/mol. The van der Waals surface area contributed by atoms with Gasteiger partial charge in [0.1, 0.15) is 11.3 Å². The Bertz CT molecular complexity index is 911. The highest BCUT2D eigenvalue weighted by atomic mass is 19.1. The van der Waals surface area contributed by atoms with E-state index in [9.17, 15) is 9.18 Å². The molecule has 2 aromatic heterocycles. The topological polar surface area (TPSA) is 54.5 Å². The summed E-state index contributed by atoms with van der Waals surface area (Å²) in [5.74, 6) is -0.576. The Hall–Kier alpha value is -2.67. The molecule has 1 fully saturated rings. The van der Waals surface area contributed by atoms with Crippen molar-refractivity contribution in [1.29, 1.82) is 0 Å². The number of anilines is 1. The van der Waals surface area contributed by atoms with Crippen LogP contribution in [-0.4, -0.2) is 47.2 Å². The molecule has 0 spiro atoms. The lowest BCUT2D eigenvalue weighted by molar-refractivity contribution is 0.246. The quantitative estimate of drug-likeness (QED) is 0.725. The maximum Gasteiger partial charge on any atom is 0.421 e. The summed E-state index contributed by atoms with van der Waals surface area (Å²) in [4.78, 5) is 20.6. The van der Waals surface area contributed by atoms with Crippen molar-refractivity contribution >= 4 is 16.9 Å². The molecule has 1 aromatic carbocycles. The molecule has 1 aliphatic heterocycles. The van der Waals surface area contributed by atoms with E-state index in [1.54, 1.807) is 16.8 Å². The van der Waals surface area contributed by atoms with Crippen molar-refractivity contribution in [2.45, 2.75) is 6.54 Å². The summed E-state index contributed by atoms with van der Waals surface area (Å²) in [6.45, 7) is 4.93. The Balaban J connectivity index is 1.36. The molecule has 0 atom stereocenters. The third-order valence-electron chi connectivity index (χ3n) is 4.65. The molecule has 0 saturated carbocycles. The molecule has 0 radical (unpaired) electrons. The number of nitrogens with zero attached hydrogens (tertiary/aromatic N) is 4. The van der Waals surface area contributed by atoms with E-state index in [2.05, 4.69) is 14.8 Å². The Kier molecular flexibility index (Phi) is 4.23. The number of hydrogen-bond acceptors (Lipinski definition) is 5. The molecule has 0 aliphatic carbocycles. The van der Waals surface area contributed by atoms with Crippen molar-refractivity contribution in [3.63, 3.8) is 0 Å². The number of oxazole rings is 1. The van der Waals surface area contributed by atoms with Gasteiger partial charge in [0.25, 0.3) is 0 Å². The summed E-state index contributed by atoms with van der Waals surface area (Å²) in [6, 6.07) is 10.3. The fourth-order valence-corrected chi connectivity index (χ4v) is 3.24. The smallest absolute Gasteiger partial charge is 0.389 e. The zero-order chi connectivity index (χ0) is 17.2. The second kappa shape index (κ2) is 6.68. The minimum absolute atomic E-state index is 0.213. The molecule has 25 heavy (non-hydrogen) atoms. The molecular formula is C18H19FN4O2. The van der Waals surface area contributed by atoms with Crippen molar-refractivity contribution in [2.75, 3.05) is 37.6 Å². The molecule has 7 heteroatoms. The lowest BCUT2D eigenvalue weighted by atomic mass is 10.2. The summed E-state index contributed by atoms with van der Waals surface area (Å²) in [5, 5.41) is 0. The van der Waals surface area contributed by atoms with Crippen molar-refractivity contribution in [2.24, 2.45) is 0 Å². The van der Waals surface area contributed by atoms with E-state index >= 15 is 0 Å². The van der Waals surface area contributed by atoms with Gasteiger partial charge in [0.15, 0.2) is 0 Å². The Morgan fingerprint density at radius 1 is 1.04 bits per heavy atom. The van der Waals surface area contributed by atoms with Crippen LogP contribution in [0.5, 0.6) is 0 Å². The Morgan fingerprint density at radius 3 is 2.56 bits per heavy atom. The minimum Gasteiger partial charge on any atom is -0.389 e. The third kappa shape index (κ3) is 3.28. The maximum atomic E-state index is 13.0. The van der Waals surface area contributed by atoms with E-state index in [1.807, 2.05) is 18.2 Å². The Morgan fingerprint density at radius 2 is 1.80 bits per heavy atom. The minimum atomic E-state index is -0.362. The van der Waals surface area contributed by atoms with E-state index in [0.29, 0.717) is 12.3 Å². The van der Waals surface area contributed by atoms with Gasteiger partial charge in [-0.2, -0.15) is 0 Å². The van der Waals surface area contributed by atoms with Gasteiger partial charge in [0.05, 0.1) is 0 Å². The molecule has 3 heterocycles. The van der Waals surface area contributed by atoms with Crippen LogP contribution in [0.15, 0.2) is 51.8 Å². The molecule has 0 amide bonds. The van der Waals surface area contributed by atoms with E-state index in [1.165, 1.54) is 12.1 Å². The van der Waals surface area contributed by atoms with Gasteiger partial charge in [0, 0.05) is 51.2 Å². The van der Waals surface area contributed by atoms with Crippen LogP contribution in [0.4, 0.5) is 10.1 Å². The summed E-state index contributed by atoms with van der Waals surface area (Å²) in [6.07, 6.45) is 1.62. The highest BCUT2D eigenvalue weighted by Crippen LogP contribution is 2.17. The van der Waals surface area contributed by atoms with Gasteiger partial charge in [-0.1, -0.05) is 0 Å². The van der Waals surface area contributed by atoms with Gasteiger partial charge in [-0.05, 0) is 36.4 Å². The van der Waals surface area contributed by atoms with Gasteiger partial charge >= 0.3 is 5.76 Å². The number of halogens is 1.